The lowest BCUT2D eigenvalue weighted by molar-refractivity contribution is 0.0532. The lowest BCUT2D eigenvalue weighted by atomic mass is 10.2. The Hall–Kier alpha value is -5.78. The maximum atomic E-state index is 11.7. The van der Waals surface area contributed by atoms with Crippen LogP contribution in [0, 0.1) is 18.8 Å². The number of azo groups is 1. The Morgan fingerprint density at radius 3 is 2.26 bits per heavy atom. The van der Waals surface area contributed by atoms with Crippen LogP contribution >= 0.6 is 0 Å². The monoisotopic (exact) mass is 854 g/mol. The summed E-state index contributed by atoms with van der Waals surface area (Å²) in [5.74, 6) is 1.93. The van der Waals surface area contributed by atoms with E-state index in [0.717, 1.165) is 28.3 Å². The average Bonchev–Trinajstić information content (AvgIpc) is 3.28. The van der Waals surface area contributed by atoms with Gasteiger partial charge in [0, 0.05) is 44.7 Å². The Kier molecular flexibility index (Phi) is 20.2. The predicted octanol–water partition coefficient (Wildman–Crippen LogP) is 8.53. The van der Waals surface area contributed by atoms with Crippen molar-refractivity contribution >= 4 is 46.6 Å². The number of rotatable bonds is 16. The summed E-state index contributed by atoms with van der Waals surface area (Å²) in [6.45, 7) is 13.3. The van der Waals surface area contributed by atoms with Gasteiger partial charge in [0.25, 0.3) is 0 Å². The van der Waals surface area contributed by atoms with E-state index in [-0.39, 0.29) is 17.9 Å². The van der Waals surface area contributed by atoms with Crippen LogP contribution in [0.1, 0.15) is 28.4 Å². The van der Waals surface area contributed by atoms with Gasteiger partial charge in [-0.05, 0) is 91.7 Å². The molecule has 1 heterocycles. The molecule has 16 nitrogen and oxygen atoms in total. The van der Waals surface area contributed by atoms with Crippen LogP contribution in [0.25, 0.3) is 0 Å². The number of aldehydes is 1. The molecule has 0 atom stereocenters. The molecule has 0 aliphatic carbocycles. The van der Waals surface area contributed by atoms with E-state index in [0.29, 0.717) is 134 Å². The summed E-state index contributed by atoms with van der Waals surface area (Å²) < 4.78 is 47.9. The molecule has 0 N–H and O–H groups in total. The number of methoxy groups -OCH3 is 1. The molecule has 0 fully saturated rings. The standard InChI is InChI=1S/C46H58N6O10/c1-5-56-25-26-58-20-15-51-16-21-59-28-27-57-19-14-47-41-10-6-35(2)30-44(41)60-22-17-52(18-23-61-45-31-36(3)7-12-42(45)51)43-13-9-38(33-46(43)62-29-24-55-4)48-49-40-11-8-39(50-54)32-37(40)34-53/h6-14,30-34H,5,15-29H2,1-4H3/b47-14+,49-48+. The minimum Gasteiger partial charge on any atom is -0.490 e. The summed E-state index contributed by atoms with van der Waals surface area (Å²) >= 11 is 0. The minimum atomic E-state index is 0.123. The number of anilines is 2. The van der Waals surface area contributed by atoms with E-state index in [1.165, 1.54) is 18.2 Å². The van der Waals surface area contributed by atoms with Gasteiger partial charge in [0.15, 0.2) is 6.29 Å². The normalized spacial score (nSPS) is 15.1. The number of carbonyl (C=O) groups is 1. The first-order valence-corrected chi connectivity index (χ1v) is 20.8. The molecule has 1 aliphatic rings. The fourth-order valence-corrected chi connectivity index (χ4v) is 6.36. The molecule has 1 aliphatic heterocycles. The molecular formula is C46H58N6O10. The zero-order valence-corrected chi connectivity index (χ0v) is 36.2. The van der Waals surface area contributed by atoms with Gasteiger partial charge in [0.2, 0.25) is 0 Å². The van der Waals surface area contributed by atoms with Crippen molar-refractivity contribution in [3.63, 3.8) is 0 Å². The molecule has 0 unspecified atom stereocenters. The van der Waals surface area contributed by atoms with E-state index in [2.05, 4.69) is 42.3 Å². The average molecular weight is 855 g/mol. The molecule has 0 radical (unpaired) electrons. The number of hydrogen-bond acceptors (Lipinski definition) is 16. The van der Waals surface area contributed by atoms with Crippen molar-refractivity contribution in [2.24, 2.45) is 20.4 Å². The quantitative estimate of drug-likeness (QED) is 0.0458. The van der Waals surface area contributed by atoms with Crippen molar-refractivity contribution in [2.45, 2.75) is 20.8 Å². The molecule has 0 amide bonds. The second kappa shape index (κ2) is 26.5. The molecule has 62 heavy (non-hydrogen) atoms. The molecule has 0 saturated heterocycles. The molecule has 4 aromatic rings. The number of ether oxygens (including phenoxy) is 8. The maximum absolute atomic E-state index is 11.7. The third-order valence-corrected chi connectivity index (χ3v) is 9.54. The van der Waals surface area contributed by atoms with Crippen LogP contribution < -0.4 is 24.0 Å². The third kappa shape index (κ3) is 15.3. The van der Waals surface area contributed by atoms with Gasteiger partial charge in [-0.2, -0.15) is 5.11 Å². The Morgan fingerprint density at radius 2 is 1.47 bits per heavy atom. The number of benzene rings is 4. The second-order valence-corrected chi connectivity index (χ2v) is 14.1. The van der Waals surface area contributed by atoms with E-state index in [1.54, 1.807) is 19.4 Å². The van der Waals surface area contributed by atoms with Gasteiger partial charge in [-0.3, -0.25) is 9.79 Å². The summed E-state index contributed by atoms with van der Waals surface area (Å²) in [6, 6.07) is 22.0. The van der Waals surface area contributed by atoms with Crippen molar-refractivity contribution in [2.75, 3.05) is 122 Å². The van der Waals surface area contributed by atoms with Gasteiger partial charge >= 0.3 is 0 Å². The van der Waals surface area contributed by atoms with Crippen LogP contribution in [0.15, 0.2) is 93.2 Å². The predicted molar refractivity (Wildman–Crippen MR) is 240 cm³/mol. The first kappa shape index (κ1) is 47.3. The Balaban J connectivity index is 1.46. The van der Waals surface area contributed by atoms with E-state index in [9.17, 15) is 9.70 Å². The smallest absolute Gasteiger partial charge is 0.152 e. The highest BCUT2D eigenvalue weighted by Crippen LogP contribution is 2.36. The van der Waals surface area contributed by atoms with Crippen LogP contribution in [0.5, 0.6) is 17.2 Å². The fraction of sp³-hybridized carbons (Fsp3) is 0.435. The molecule has 16 heteroatoms. The molecule has 0 spiro atoms. The van der Waals surface area contributed by atoms with Crippen molar-refractivity contribution in [3.8, 4) is 17.2 Å². The molecule has 0 saturated carbocycles. The highest BCUT2D eigenvalue weighted by atomic mass is 16.5. The van der Waals surface area contributed by atoms with Crippen molar-refractivity contribution in [3.05, 3.63) is 94.4 Å². The zero-order chi connectivity index (χ0) is 43.8. The third-order valence-electron chi connectivity index (χ3n) is 9.54. The van der Waals surface area contributed by atoms with E-state index < -0.39 is 0 Å². The van der Waals surface area contributed by atoms with Crippen LogP contribution in [-0.2, 0) is 23.7 Å². The first-order chi connectivity index (χ1) is 30.4. The Morgan fingerprint density at radius 1 is 0.726 bits per heavy atom. The van der Waals surface area contributed by atoms with Gasteiger partial charge in [-0.15, -0.1) is 10.0 Å². The number of nitrogens with zero attached hydrogens (tertiary/aromatic N) is 6. The Bertz CT molecular complexity index is 2070. The lowest BCUT2D eigenvalue weighted by Gasteiger charge is -2.29. The second-order valence-electron chi connectivity index (χ2n) is 14.1. The highest BCUT2D eigenvalue weighted by molar-refractivity contribution is 5.84. The number of aliphatic imine (C=N–C) groups is 1. The van der Waals surface area contributed by atoms with E-state index in [4.69, 9.17) is 37.9 Å². The van der Waals surface area contributed by atoms with Crippen LogP contribution in [0.2, 0.25) is 0 Å². The fourth-order valence-electron chi connectivity index (χ4n) is 6.36. The molecule has 4 aromatic carbocycles. The van der Waals surface area contributed by atoms with E-state index >= 15 is 0 Å². The zero-order valence-electron chi connectivity index (χ0n) is 36.2. The number of nitroso groups, excluding NO2 is 1. The summed E-state index contributed by atoms with van der Waals surface area (Å²) in [7, 11) is 1.61. The first-order valence-electron chi connectivity index (χ1n) is 20.8. The van der Waals surface area contributed by atoms with Crippen LogP contribution in [0.4, 0.5) is 34.1 Å². The van der Waals surface area contributed by atoms with Crippen molar-refractivity contribution in [1.82, 2.24) is 0 Å². The number of hydrogen-bond donors (Lipinski definition) is 0. The summed E-state index contributed by atoms with van der Waals surface area (Å²) in [5, 5.41) is 11.6. The van der Waals surface area contributed by atoms with Gasteiger partial charge in [-0.1, -0.05) is 12.1 Å². The van der Waals surface area contributed by atoms with Crippen molar-refractivity contribution < 1.29 is 42.7 Å². The molecule has 5 rings (SSSR count). The van der Waals surface area contributed by atoms with Crippen LogP contribution in [0.3, 0.4) is 0 Å². The van der Waals surface area contributed by atoms with Gasteiger partial charge < -0.3 is 47.7 Å². The number of carbonyl (C=O) groups excluding carboxylic acids is 1. The maximum Gasteiger partial charge on any atom is 0.152 e. The SMILES string of the molecule is CCOCCOCCN1CCOCCOC/C=N/c2ccc(C)cc2OCCN(c2ccc(/N=N/c3ccc(N=O)cc3C=O)cc2OCCOC)CCOc2cc(C)ccc21. The highest BCUT2D eigenvalue weighted by Gasteiger charge is 2.18. The summed E-state index contributed by atoms with van der Waals surface area (Å²) in [4.78, 5) is 31.8. The van der Waals surface area contributed by atoms with Gasteiger partial charge in [0.05, 0.1) is 88.7 Å². The summed E-state index contributed by atoms with van der Waals surface area (Å²) in [6.07, 6.45) is 2.34. The molecular weight excluding hydrogens is 797 g/mol. The number of aryl methyl sites for hydroxylation is 2. The molecule has 0 bridgehead atoms. The van der Waals surface area contributed by atoms with E-state index in [1.807, 2.05) is 57.2 Å². The molecule has 0 aromatic heterocycles. The lowest BCUT2D eigenvalue weighted by Crippen LogP contribution is -2.34. The van der Waals surface area contributed by atoms with Gasteiger partial charge in [-0.25, -0.2) is 0 Å². The minimum absolute atomic E-state index is 0.123. The number of fused-ring (bicyclic) bond motifs is 2. The summed E-state index contributed by atoms with van der Waals surface area (Å²) in [5.41, 5.74) is 5.59. The largest absolute Gasteiger partial charge is 0.490 e. The topological polar surface area (TPSA) is 164 Å². The Labute approximate surface area is 363 Å². The van der Waals surface area contributed by atoms with Gasteiger partial charge in [0.1, 0.15) is 48.4 Å². The molecule has 332 valence electrons. The van der Waals surface area contributed by atoms with Crippen LogP contribution in [-0.4, -0.2) is 125 Å². The van der Waals surface area contributed by atoms with Crippen molar-refractivity contribution in [1.29, 1.82) is 0 Å².